The molecule has 0 rings (SSSR count). The summed E-state index contributed by atoms with van der Waals surface area (Å²) in [6.45, 7) is 0. The van der Waals surface area contributed by atoms with Gasteiger partial charge in [-0.2, -0.15) is 0 Å². The summed E-state index contributed by atoms with van der Waals surface area (Å²) in [5, 5.41) is 111. The van der Waals surface area contributed by atoms with Crippen molar-refractivity contribution >= 4 is 74.3 Å². The molecular formula is H12B5CaNaO15. The largest absolute Gasteiger partial charge is 2.00 e. The molecule has 0 aromatic carbocycles. The van der Waals surface area contributed by atoms with Crippen molar-refractivity contribution in [1.29, 1.82) is 0 Å². The topological polar surface area (TPSA) is 312 Å². The van der Waals surface area contributed by atoms with Crippen LogP contribution in [-0.4, -0.2) is 135 Å². The molecule has 0 saturated heterocycles. The average Bonchev–Trinajstić information content (AvgIpc) is 1.94. The van der Waals surface area contributed by atoms with Crippen LogP contribution >= 0.6 is 0 Å². The fraction of sp³-hybridized carbons (Fsp3) is 0. The van der Waals surface area contributed by atoms with Gasteiger partial charge >= 0.3 is 96.6 Å². The number of hydrogen-bond donors (Lipinski definition) is 12. The first-order chi connectivity index (χ1) is 8.66. The third kappa shape index (κ3) is 2460. The van der Waals surface area contributed by atoms with Crippen LogP contribution in [0, 0.1) is 0 Å². The van der Waals surface area contributed by atoms with E-state index in [9.17, 15) is 0 Å². The maximum absolute atomic E-state index is 8.42. The Hall–Kier alpha value is 1.98. The fourth-order valence-electron chi connectivity index (χ4n) is 0. The monoisotopic (exact) mass is 370 g/mol. The standard InChI is InChI=1S/4BH3O3.BO3.Ca.Na/c5*2-1(3)4;;/h4*2-4H;;;/q;;;;-3;+2;+1. The smallest absolute Gasteiger partial charge is 0.907 e. The number of rotatable bonds is 0. The Balaban J connectivity index is -0.0000000250. The summed E-state index contributed by atoms with van der Waals surface area (Å²) >= 11 is 0. The van der Waals surface area contributed by atoms with Gasteiger partial charge in [0.15, 0.2) is 0 Å². The molecule has 0 atom stereocenters. The predicted molar refractivity (Wildman–Crippen MR) is 61.1 cm³/mol. The van der Waals surface area contributed by atoms with E-state index in [0.717, 1.165) is 0 Å². The second-order valence-electron chi connectivity index (χ2n) is 1.67. The zero-order valence-corrected chi connectivity index (χ0v) is 15.4. The molecule has 120 valence electrons. The Morgan fingerprint density at radius 3 is 0.409 bits per heavy atom. The maximum Gasteiger partial charge on any atom is 2.00 e. The van der Waals surface area contributed by atoms with E-state index in [2.05, 4.69) is 0 Å². The van der Waals surface area contributed by atoms with Gasteiger partial charge in [0, 0.05) is 0 Å². The molecule has 15 nitrogen and oxygen atoms in total. The van der Waals surface area contributed by atoms with Gasteiger partial charge < -0.3 is 75.4 Å². The van der Waals surface area contributed by atoms with Crippen molar-refractivity contribution in [3.63, 3.8) is 0 Å². The van der Waals surface area contributed by atoms with Gasteiger partial charge in [0.25, 0.3) is 0 Å². The molecule has 0 radical (unpaired) electrons. The van der Waals surface area contributed by atoms with Crippen molar-refractivity contribution in [2.24, 2.45) is 0 Å². The Morgan fingerprint density at radius 1 is 0.409 bits per heavy atom. The minimum atomic E-state index is -2.92. The second kappa shape index (κ2) is 38.5. The first kappa shape index (κ1) is 43.9. The van der Waals surface area contributed by atoms with Crippen LogP contribution in [0.25, 0.3) is 0 Å². The Kier molecular flexibility index (Phi) is 76.9. The minimum Gasteiger partial charge on any atom is -0.907 e. The van der Waals surface area contributed by atoms with E-state index in [1.807, 2.05) is 0 Å². The Labute approximate surface area is 177 Å². The molecule has 22 heavy (non-hydrogen) atoms. The van der Waals surface area contributed by atoms with E-state index in [-0.39, 0.29) is 67.3 Å². The van der Waals surface area contributed by atoms with E-state index < -0.39 is 36.6 Å². The van der Waals surface area contributed by atoms with Crippen LogP contribution in [-0.2, 0) is 0 Å². The minimum absolute atomic E-state index is 0. The van der Waals surface area contributed by atoms with Crippen LogP contribution in [0.5, 0.6) is 0 Å². The molecule has 0 saturated carbocycles. The second-order valence-corrected chi connectivity index (χ2v) is 1.67. The third-order valence-electron chi connectivity index (χ3n) is 0. The van der Waals surface area contributed by atoms with Crippen LogP contribution in [0.3, 0.4) is 0 Å². The molecule has 0 aliphatic carbocycles. The molecule has 0 amide bonds. The van der Waals surface area contributed by atoms with E-state index in [4.69, 9.17) is 75.4 Å². The molecule has 12 N–H and O–H groups in total. The molecule has 0 aliphatic rings. The van der Waals surface area contributed by atoms with Gasteiger partial charge in [-0.15, -0.1) is 0 Å². The quantitative estimate of drug-likeness (QED) is 0.176. The molecule has 0 aromatic heterocycles. The third-order valence-corrected chi connectivity index (χ3v) is 0. The van der Waals surface area contributed by atoms with Crippen molar-refractivity contribution < 1.29 is 105 Å². The molecule has 0 bridgehead atoms. The molecule has 0 heterocycles. The van der Waals surface area contributed by atoms with Gasteiger partial charge in [-0.3, -0.25) is 7.32 Å². The maximum atomic E-state index is 8.42. The van der Waals surface area contributed by atoms with Crippen molar-refractivity contribution in [2.45, 2.75) is 0 Å². The van der Waals surface area contributed by atoms with Crippen LogP contribution in [0.2, 0.25) is 0 Å². The van der Waals surface area contributed by atoms with E-state index in [0.29, 0.717) is 0 Å². The van der Waals surface area contributed by atoms with Gasteiger partial charge in [0.05, 0.1) is 0 Å². The van der Waals surface area contributed by atoms with E-state index >= 15 is 0 Å². The zero-order valence-electron chi connectivity index (χ0n) is 11.2. The summed E-state index contributed by atoms with van der Waals surface area (Å²) < 4.78 is 0. The van der Waals surface area contributed by atoms with Gasteiger partial charge in [0.2, 0.25) is 0 Å². The Bertz CT molecular complexity index is 86.5. The molecule has 0 fully saturated rings. The van der Waals surface area contributed by atoms with Crippen molar-refractivity contribution in [3.05, 3.63) is 0 Å². The van der Waals surface area contributed by atoms with Crippen molar-refractivity contribution in [2.75, 3.05) is 0 Å². The van der Waals surface area contributed by atoms with Crippen LogP contribution in [0.15, 0.2) is 0 Å². The summed E-state index contributed by atoms with van der Waals surface area (Å²) in [6.07, 6.45) is 0. The summed E-state index contributed by atoms with van der Waals surface area (Å²) in [5.41, 5.74) is 0. The molecule has 0 aliphatic heterocycles. The summed E-state index contributed by atoms with van der Waals surface area (Å²) in [5.74, 6) is 0. The average molecular weight is 369 g/mol. The van der Waals surface area contributed by atoms with Crippen molar-refractivity contribution in [1.82, 2.24) is 0 Å². The summed E-state index contributed by atoms with van der Waals surface area (Å²) in [4.78, 5) is 0. The first-order valence-corrected chi connectivity index (χ1v) is 3.81. The van der Waals surface area contributed by atoms with Gasteiger partial charge in [-0.25, -0.2) is 0 Å². The molecule has 0 unspecified atom stereocenters. The van der Waals surface area contributed by atoms with Gasteiger partial charge in [0.1, 0.15) is 0 Å². The summed E-state index contributed by atoms with van der Waals surface area (Å²) in [7, 11) is -11.6. The number of hydrogen-bond acceptors (Lipinski definition) is 15. The van der Waals surface area contributed by atoms with E-state index in [1.54, 1.807) is 0 Å². The van der Waals surface area contributed by atoms with Gasteiger partial charge in [-0.1, -0.05) is 0 Å². The molecule has 0 aromatic rings. The van der Waals surface area contributed by atoms with Crippen LogP contribution < -0.4 is 44.6 Å². The fourth-order valence-corrected chi connectivity index (χ4v) is 0. The molecule has 0 spiro atoms. The predicted octanol–water partition coefficient (Wildman–Crippen LogP) is -15.5. The molecular weight excluding hydrogens is 357 g/mol. The van der Waals surface area contributed by atoms with Gasteiger partial charge in [-0.05, 0) is 0 Å². The van der Waals surface area contributed by atoms with Crippen LogP contribution in [0.1, 0.15) is 0 Å². The van der Waals surface area contributed by atoms with Crippen LogP contribution in [0.4, 0.5) is 0 Å². The van der Waals surface area contributed by atoms with Crippen molar-refractivity contribution in [3.8, 4) is 0 Å². The first-order valence-electron chi connectivity index (χ1n) is 3.81. The normalized spacial score (nSPS) is 6.14. The Morgan fingerprint density at radius 2 is 0.409 bits per heavy atom. The van der Waals surface area contributed by atoms with E-state index in [1.165, 1.54) is 0 Å². The SMILES string of the molecule is OB(O)O.OB(O)O.OB(O)O.OB(O)O.[Ca+2].[Na+].[O-]B([O-])[O-]. The molecule has 22 heteroatoms. The zero-order chi connectivity index (χ0) is 17.9. The summed E-state index contributed by atoms with van der Waals surface area (Å²) in [6, 6.07) is 0.